The summed E-state index contributed by atoms with van der Waals surface area (Å²) in [7, 11) is 0. The van der Waals surface area contributed by atoms with Crippen LogP contribution in [-0.2, 0) is 0 Å². The van der Waals surface area contributed by atoms with Crippen LogP contribution in [0.15, 0.2) is 30.5 Å². The molecule has 1 aromatic carbocycles. The first-order chi connectivity index (χ1) is 7.87. The lowest BCUT2D eigenvalue weighted by atomic mass is 10.0. The largest absolute Gasteiger partial charge is 0.354 e. The van der Waals surface area contributed by atoms with Crippen LogP contribution in [0.25, 0.3) is 0 Å². The van der Waals surface area contributed by atoms with Crippen LogP contribution in [0.3, 0.4) is 0 Å². The van der Waals surface area contributed by atoms with Crippen molar-refractivity contribution in [3.8, 4) is 0 Å². The Bertz CT molecular complexity index is 469. The number of benzene rings is 1. The second-order valence-electron chi connectivity index (χ2n) is 5.18. The van der Waals surface area contributed by atoms with Gasteiger partial charge in [-0.3, -0.25) is 4.90 Å². The van der Waals surface area contributed by atoms with E-state index in [0.717, 1.165) is 10.8 Å². The van der Waals surface area contributed by atoms with Crippen LogP contribution < -0.4 is 10.2 Å². The number of anilines is 1. The van der Waals surface area contributed by atoms with Crippen molar-refractivity contribution in [2.24, 2.45) is 0 Å². The molecule has 0 radical (unpaired) electrons. The normalized spacial score (nSPS) is 18.1. The average Bonchev–Trinajstić information content (AvgIpc) is 2.13. The van der Waals surface area contributed by atoms with Gasteiger partial charge in [0, 0.05) is 11.9 Å². The third-order valence-electron chi connectivity index (χ3n) is 2.77. The summed E-state index contributed by atoms with van der Waals surface area (Å²) in [5.41, 5.74) is 3.56. The summed E-state index contributed by atoms with van der Waals surface area (Å²) in [6.07, 6.45) is 4.17. The van der Waals surface area contributed by atoms with E-state index in [1.807, 2.05) is 11.1 Å². The predicted octanol–water partition coefficient (Wildman–Crippen LogP) is 3.29. The molecule has 90 valence electrons. The van der Waals surface area contributed by atoms with Gasteiger partial charge in [-0.15, -0.1) is 0 Å². The van der Waals surface area contributed by atoms with Gasteiger partial charge in [0.25, 0.3) is 0 Å². The summed E-state index contributed by atoms with van der Waals surface area (Å²) in [6.45, 7) is 8.42. The molecule has 0 aliphatic carbocycles. The van der Waals surface area contributed by atoms with Gasteiger partial charge in [0.05, 0.1) is 5.54 Å². The third kappa shape index (κ3) is 2.67. The van der Waals surface area contributed by atoms with Gasteiger partial charge in [-0.05, 0) is 69.2 Å². The van der Waals surface area contributed by atoms with Crippen LogP contribution in [0.5, 0.6) is 0 Å². The first-order valence-corrected chi connectivity index (χ1v) is 6.17. The van der Waals surface area contributed by atoms with Gasteiger partial charge >= 0.3 is 0 Å². The Labute approximate surface area is 108 Å². The fourth-order valence-electron chi connectivity index (χ4n) is 2.00. The van der Waals surface area contributed by atoms with Gasteiger partial charge in [-0.25, -0.2) is 0 Å². The van der Waals surface area contributed by atoms with E-state index >= 15 is 0 Å². The van der Waals surface area contributed by atoms with E-state index in [1.54, 1.807) is 0 Å². The molecule has 1 aromatic rings. The molecule has 0 saturated heterocycles. The molecule has 1 heterocycles. The summed E-state index contributed by atoms with van der Waals surface area (Å²) in [5.74, 6) is 0. The van der Waals surface area contributed by atoms with Crippen LogP contribution in [0.1, 0.15) is 25.0 Å². The maximum atomic E-state index is 5.41. The van der Waals surface area contributed by atoms with E-state index in [1.165, 1.54) is 11.1 Å². The van der Waals surface area contributed by atoms with E-state index < -0.39 is 0 Å². The summed E-state index contributed by atoms with van der Waals surface area (Å²) < 4.78 is 0. The zero-order chi connectivity index (χ0) is 12.6. The molecule has 0 spiro atoms. The highest BCUT2D eigenvalue weighted by Gasteiger charge is 2.23. The van der Waals surface area contributed by atoms with E-state index in [2.05, 4.69) is 57.3 Å². The topological polar surface area (TPSA) is 15.3 Å². The van der Waals surface area contributed by atoms with Crippen LogP contribution in [-0.4, -0.2) is 10.7 Å². The molecule has 17 heavy (non-hydrogen) atoms. The summed E-state index contributed by atoms with van der Waals surface area (Å²) >= 11 is 5.41. The zero-order valence-corrected chi connectivity index (χ0v) is 11.6. The average molecular weight is 246 g/mol. The smallest absolute Gasteiger partial charge is 0.178 e. The van der Waals surface area contributed by atoms with Crippen LogP contribution in [0, 0.1) is 13.8 Å². The van der Waals surface area contributed by atoms with E-state index in [4.69, 9.17) is 12.2 Å². The maximum Gasteiger partial charge on any atom is 0.178 e. The van der Waals surface area contributed by atoms with Crippen molar-refractivity contribution < 1.29 is 0 Å². The van der Waals surface area contributed by atoms with E-state index in [0.29, 0.717) is 0 Å². The lowest BCUT2D eigenvalue weighted by molar-refractivity contribution is 0.566. The molecule has 2 rings (SSSR count). The molecular formula is C14H18N2S. The molecule has 1 N–H and O–H groups in total. The number of thiocarbonyl (C=S) groups is 1. The molecule has 0 aromatic heterocycles. The van der Waals surface area contributed by atoms with Crippen molar-refractivity contribution in [2.45, 2.75) is 33.2 Å². The predicted molar refractivity (Wildman–Crippen MR) is 77.3 cm³/mol. The van der Waals surface area contributed by atoms with Crippen LogP contribution >= 0.6 is 12.2 Å². The molecular weight excluding hydrogens is 228 g/mol. The minimum atomic E-state index is -0.0630. The summed E-state index contributed by atoms with van der Waals surface area (Å²) in [4.78, 5) is 2.01. The molecule has 2 nitrogen and oxygen atoms in total. The lowest BCUT2D eigenvalue weighted by Crippen LogP contribution is -2.51. The second-order valence-corrected chi connectivity index (χ2v) is 5.57. The summed E-state index contributed by atoms with van der Waals surface area (Å²) in [5, 5.41) is 4.07. The second kappa shape index (κ2) is 4.15. The molecule has 0 fully saturated rings. The van der Waals surface area contributed by atoms with Crippen LogP contribution in [0.4, 0.5) is 5.69 Å². The Morgan fingerprint density at radius 3 is 2.24 bits per heavy atom. The Hall–Kier alpha value is -1.35. The first-order valence-electron chi connectivity index (χ1n) is 5.76. The standard InChI is InChI=1S/C14H18N2S/c1-10-7-11(2)9-12(8-10)16-6-5-14(3,4)15-13(16)17/h5-9H,1-4H3,(H,15,17). The first kappa shape index (κ1) is 12.1. The molecule has 0 unspecified atom stereocenters. The minimum Gasteiger partial charge on any atom is -0.354 e. The fourth-order valence-corrected chi connectivity index (χ4v) is 2.43. The zero-order valence-electron chi connectivity index (χ0n) is 10.7. The van der Waals surface area contributed by atoms with Crippen molar-refractivity contribution >= 4 is 23.0 Å². The van der Waals surface area contributed by atoms with E-state index in [-0.39, 0.29) is 5.54 Å². The Morgan fingerprint density at radius 1 is 1.12 bits per heavy atom. The number of aryl methyl sites for hydroxylation is 2. The SMILES string of the molecule is Cc1cc(C)cc(N2C=CC(C)(C)NC2=S)c1. The molecule has 1 aliphatic rings. The number of hydrogen-bond donors (Lipinski definition) is 1. The van der Waals surface area contributed by atoms with Crippen molar-refractivity contribution in [2.75, 3.05) is 4.90 Å². The number of nitrogens with zero attached hydrogens (tertiary/aromatic N) is 1. The molecule has 1 aliphatic heterocycles. The lowest BCUT2D eigenvalue weighted by Gasteiger charge is -2.35. The Balaban J connectivity index is 2.38. The monoisotopic (exact) mass is 246 g/mol. The van der Waals surface area contributed by atoms with Gasteiger partial charge in [0.2, 0.25) is 0 Å². The number of rotatable bonds is 1. The minimum absolute atomic E-state index is 0.0630. The molecule has 0 saturated carbocycles. The molecule has 0 amide bonds. The third-order valence-corrected chi connectivity index (χ3v) is 3.07. The van der Waals surface area contributed by atoms with Gasteiger partial charge < -0.3 is 5.32 Å². The van der Waals surface area contributed by atoms with Gasteiger partial charge in [0.1, 0.15) is 0 Å². The van der Waals surface area contributed by atoms with E-state index in [9.17, 15) is 0 Å². The van der Waals surface area contributed by atoms with Crippen molar-refractivity contribution in [3.05, 3.63) is 41.6 Å². The van der Waals surface area contributed by atoms with Crippen LogP contribution in [0.2, 0.25) is 0 Å². The van der Waals surface area contributed by atoms with Gasteiger partial charge in [0.15, 0.2) is 5.11 Å². The molecule has 3 heteroatoms. The summed E-state index contributed by atoms with van der Waals surface area (Å²) in [6, 6.07) is 6.45. The Morgan fingerprint density at radius 2 is 1.71 bits per heavy atom. The Kier molecular flexibility index (Phi) is 2.96. The van der Waals surface area contributed by atoms with Crippen molar-refractivity contribution in [3.63, 3.8) is 0 Å². The van der Waals surface area contributed by atoms with Crippen molar-refractivity contribution in [1.29, 1.82) is 0 Å². The highest BCUT2D eigenvalue weighted by molar-refractivity contribution is 7.80. The molecule has 0 bridgehead atoms. The quantitative estimate of drug-likeness (QED) is 0.765. The fraction of sp³-hybridized carbons (Fsp3) is 0.357. The highest BCUT2D eigenvalue weighted by atomic mass is 32.1. The van der Waals surface area contributed by atoms with Gasteiger partial charge in [-0.2, -0.15) is 0 Å². The highest BCUT2D eigenvalue weighted by Crippen LogP contribution is 2.23. The number of nitrogens with one attached hydrogen (secondary N) is 1. The number of hydrogen-bond acceptors (Lipinski definition) is 1. The van der Waals surface area contributed by atoms with Gasteiger partial charge in [-0.1, -0.05) is 6.07 Å². The molecule has 0 atom stereocenters. The van der Waals surface area contributed by atoms with Crippen molar-refractivity contribution in [1.82, 2.24) is 5.32 Å². The maximum absolute atomic E-state index is 5.41.